The molecule has 1 saturated carbocycles. The van der Waals surface area contributed by atoms with Gasteiger partial charge in [0, 0.05) is 36.1 Å². The molecule has 3 aromatic rings. The van der Waals surface area contributed by atoms with Gasteiger partial charge in [-0.1, -0.05) is 13.3 Å². The van der Waals surface area contributed by atoms with E-state index in [1.165, 1.54) is 6.20 Å². The number of halogens is 1. The number of unbranched alkanes of at least 4 members (excludes halogenated alkanes) is 1. The van der Waals surface area contributed by atoms with Crippen molar-refractivity contribution in [3.05, 3.63) is 48.3 Å². The molecule has 1 aliphatic rings. The van der Waals surface area contributed by atoms with Crippen molar-refractivity contribution in [2.24, 2.45) is 0 Å². The highest BCUT2D eigenvalue weighted by molar-refractivity contribution is 5.92. The van der Waals surface area contributed by atoms with Gasteiger partial charge in [0.1, 0.15) is 5.82 Å². The van der Waals surface area contributed by atoms with Gasteiger partial charge in [-0.2, -0.15) is 0 Å². The topological polar surface area (TPSA) is 42.7 Å². The van der Waals surface area contributed by atoms with Crippen LogP contribution in [0.1, 0.15) is 44.1 Å². The summed E-state index contributed by atoms with van der Waals surface area (Å²) in [7, 11) is 0. The summed E-state index contributed by atoms with van der Waals surface area (Å²) in [5, 5.41) is 4.26. The molecule has 0 amide bonds. The molecule has 0 aromatic carbocycles. The minimum absolute atomic E-state index is 0.316. The molecule has 0 radical (unpaired) electrons. The first-order chi connectivity index (χ1) is 11.8. The molecule has 0 saturated heterocycles. The third-order valence-electron chi connectivity index (χ3n) is 4.64. The van der Waals surface area contributed by atoms with Crippen molar-refractivity contribution in [2.45, 2.75) is 45.1 Å². The number of hydrogen-bond acceptors (Lipinski definition) is 3. The van der Waals surface area contributed by atoms with E-state index in [1.54, 1.807) is 12.4 Å². The first-order valence-electron chi connectivity index (χ1n) is 8.62. The van der Waals surface area contributed by atoms with Crippen LogP contribution < -0.4 is 5.32 Å². The largest absolute Gasteiger partial charge is 0.347 e. The second-order valence-corrected chi connectivity index (χ2v) is 6.44. The molecular formula is C19H21FN4. The van der Waals surface area contributed by atoms with E-state index in [9.17, 15) is 4.39 Å². The number of hydrogen-bond donors (Lipinski definition) is 1. The molecule has 1 fully saturated rings. The number of nitrogens with zero attached hydrogens (tertiary/aromatic N) is 3. The highest BCUT2D eigenvalue weighted by Crippen LogP contribution is 2.44. The second-order valence-electron chi connectivity index (χ2n) is 6.44. The van der Waals surface area contributed by atoms with E-state index < -0.39 is 0 Å². The first-order valence-corrected chi connectivity index (χ1v) is 8.62. The van der Waals surface area contributed by atoms with Gasteiger partial charge in [0.15, 0.2) is 5.82 Å². The number of aromatic nitrogens is 3. The van der Waals surface area contributed by atoms with Gasteiger partial charge < -0.3 is 9.88 Å². The summed E-state index contributed by atoms with van der Waals surface area (Å²) < 4.78 is 16.6. The Morgan fingerprint density at radius 3 is 2.96 bits per heavy atom. The van der Waals surface area contributed by atoms with Crippen molar-refractivity contribution < 1.29 is 4.39 Å². The van der Waals surface area contributed by atoms with Gasteiger partial charge in [-0.3, -0.25) is 4.98 Å². The van der Waals surface area contributed by atoms with E-state index in [-0.39, 0.29) is 5.82 Å². The lowest BCUT2D eigenvalue weighted by Crippen LogP contribution is -2.02. The molecule has 0 bridgehead atoms. The maximum Gasteiger partial charge on any atom is 0.165 e. The van der Waals surface area contributed by atoms with Crippen LogP contribution in [0.5, 0.6) is 0 Å². The lowest BCUT2D eigenvalue weighted by molar-refractivity contribution is 0.623. The standard InChI is InChI=1S/C19H21FN4/c1-2-3-9-24-10-7-14-17(24)6-8-22-19(14)23-18-15(13-4-5-13)11-21-12-16(18)20/h6-8,10-13H,2-5,9H2,1H3,(H,21,22,23). The van der Waals surface area contributed by atoms with Crippen molar-refractivity contribution in [1.29, 1.82) is 0 Å². The number of pyridine rings is 2. The summed E-state index contributed by atoms with van der Waals surface area (Å²) >= 11 is 0. The number of aryl methyl sites for hydroxylation is 1. The van der Waals surface area contributed by atoms with Crippen LogP contribution in [-0.4, -0.2) is 14.5 Å². The van der Waals surface area contributed by atoms with Gasteiger partial charge in [0.05, 0.1) is 17.4 Å². The molecular weight excluding hydrogens is 303 g/mol. The summed E-state index contributed by atoms with van der Waals surface area (Å²) in [6, 6.07) is 4.07. The Morgan fingerprint density at radius 2 is 2.17 bits per heavy atom. The Kier molecular flexibility index (Phi) is 3.92. The lowest BCUT2D eigenvalue weighted by atomic mass is 10.1. The fourth-order valence-electron chi connectivity index (χ4n) is 3.15. The van der Waals surface area contributed by atoms with E-state index in [0.29, 0.717) is 17.4 Å². The van der Waals surface area contributed by atoms with Gasteiger partial charge in [-0.15, -0.1) is 0 Å². The van der Waals surface area contributed by atoms with Crippen LogP contribution in [-0.2, 0) is 6.54 Å². The van der Waals surface area contributed by atoms with Crippen molar-refractivity contribution in [2.75, 3.05) is 5.32 Å². The van der Waals surface area contributed by atoms with E-state index in [1.807, 2.05) is 6.07 Å². The van der Waals surface area contributed by atoms with Crippen LogP contribution in [0, 0.1) is 5.82 Å². The average Bonchev–Trinajstić information content (AvgIpc) is 3.35. The fourth-order valence-corrected chi connectivity index (χ4v) is 3.15. The van der Waals surface area contributed by atoms with Crippen LogP contribution in [0.4, 0.5) is 15.9 Å². The number of nitrogens with one attached hydrogen (secondary N) is 1. The maximum atomic E-state index is 14.3. The summed E-state index contributed by atoms with van der Waals surface area (Å²) in [5.41, 5.74) is 2.61. The van der Waals surface area contributed by atoms with Gasteiger partial charge in [-0.05, 0) is 37.3 Å². The van der Waals surface area contributed by atoms with Gasteiger partial charge >= 0.3 is 0 Å². The lowest BCUT2D eigenvalue weighted by Gasteiger charge is -2.12. The van der Waals surface area contributed by atoms with Crippen LogP contribution in [0.2, 0.25) is 0 Å². The predicted molar refractivity (Wildman–Crippen MR) is 94.1 cm³/mol. The zero-order chi connectivity index (χ0) is 16.5. The average molecular weight is 324 g/mol. The van der Waals surface area contributed by atoms with E-state index in [0.717, 1.165) is 48.7 Å². The summed E-state index contributed by atoms with van der Waals surface area (Å²) in [5.74, 6) is 0.808. The number of anilines is 2. The Morgan fingerprint density at radius 1 is 1.29 bits per heavy atom. The van der Waals surface area contributed by atoms with Crippen molar-refractivity contribution in [3.8, 4) is 0 Å². The van der Waals surface area contributed by atoms with E-state index in [2.05, 4.69) is 39.0 Å². The second kappa shape index (κ2) is 6.23. The number of rotatable bonds is 6. The van der Waals surface area contributed by atoms with Gasteiger partial charge in [0.2, 0.25) is 0 Å². The quantitative estimate of drug-likeness (QED) is 0.694. The minimum atomic E-state index is -0.316. The molecule has 5 heteroatoms. The van der Waals surface area contributed by atoms with Crippen LogP contribution in [0.15, 0.2) is 36.9 Å². The van der Waals surface area contributed by atoms with Crippen molar-refractivity contribution in [3.63, 3.8) is 0 Å². The smallest absolute Gasteiger partial charge is 0.165 e. The number of fused-ring (bicyclic) bond motifs is 1. The molecule has 1 N–H and O–H groups in total. The molecule has 0 unspecified atom stereocenters. The highest BCUT2D eigenvalue weighted by atomic mass is 19.1. The molecule has 3 aromatic heterocycles. The fraction of sp³-hybridized carbons (Fsp3) is 0.368. The van der Waals surface area contributed by atoms with E-state index in [4.69, 9.17) is 0 Å². The van der Waals surface area contributed by atoms with Crippen LogP contribution >= 0.6 is 0 Å². The Hall–Kier alpha value is -2.43. The van der Waals surface area contributed by atoms with Gasteiger partial charge in [0.25, 0.3) is 0 Å². The third kappa shape index (κ3) is 2.75. The normalized spacial score (nSPS) is 14.2. The summed E-state index contributed by atoms with van der Waals surface area (Å²) in [6.45, 7) is 3.17. The van der Waals surface area contributed by atoms with Crippen molar-refractivity contribution in [1.82, 2.24) is 14.5 Å². The third-order valence-corrected chi connectivity index (χ3v) is 4.64. The monoisotopic (exact) mass is 324 g/mol. The van der Waals surface area contributed by atoms with Crippen LogP contribution in [0.3, 0.4) is 0 Å². The molecule has 3 heterocycles. The molecule has 124 valence electrons. The molecule has 4 nitrogen and oxygen atoms in total. The molecule has 0 spiro atoms. The summed E-state index contributed by atoms with van der Waals surface area (Å²) in [6.07, 6.45) is 11.4. The van der Waals surface area contributed by atoms with E-state index >= 15 is 0 Å². The zero-order valence-electron chi connectivity index (χ0n) is 13.8. The first kappa shape index (κ1) is 15.1. The maximum absolute atomic E-state index is 14.3. The molecule has 4 rings (SSSR count). The molecule has 1 aliphatic carbocycles. The van der Waals surface area contributed by atoms with Crippen molar-refractivity contribution >= 4 is 22.4 Å². The SMILES string of the molecule is CCCCn1ccc2c(Nc3c(F)cncc3C3CC3)nccc21. The minimum Gasteiger partial charge on any atom is -0.347 e. The zero-order valence-corrected chi connectivity index (χ0v) is 13.8. The molecule has 0 aliphatic heterocycles. The Balaban J connectivity index is 1.72. The Labute approximate surface area is 140 Å². The highest BCUT2D eigenvalue weighted by Gasteiger charge is 2.28. The van der Waals surface area contributed by atoms with Gasteiger partial charge in [-0.25, -0.2) is 9.37 Å². The van der Waals surface area contributed by atoms with Crippen LogP contribution in [0.25, 0.3) is 10.9 Å². The summed E-state index contributed by atoms with van der Waals surface area (Å²) in [4.78, 5) is 8.45. The predicted octanol–water partition coefficient (Wildman–Crippen LogP) is 4.99. The Bertz CT molecular complexity index is 867. The molecule has 24 heavy (non-hydrogen) atoms. The molecule has 0 atom stereocenters.